The van der Waals surface area contributed by atoms with Crippen LogP contribution in [0.1, 0.15) is 38.2 Å². The van der Waals surface area contributed by atoms with Gasteiger partial charge in [0.1, 0.15) is 5.75 Å². The van der Waals surface area contributed by atoms with Crippen molar-refractivity contribution in [1.82, 2.24) is 0 Å². The first-order valence-corrected chi connectivity index (χ1v) is 6.02. The molecule has 2 atom stereocenters. The van der Waals surface area contributed by atoms with Crippen molar-refractivity contribution in [1.29, 1.82) is 0 Å². The zero-order valence-electron chi connectivity index (χ0n) is 10.3. The van der Waals surface area contributed by atoms with Crippen LogP contribution in [-0.4, -0.2) is 17.7 Å². The fourth-order valence-electron chi connectivity index (χ4n) is 2.32. The minimum atomic E-state index is -0.718. The largest absolute Gasteiger partial charge is 0.493 e. The topological polar surface area (TPSA) is 46.5 Å². The molecule has 0 spiro atoms. The van der Waals surface area contributed by atoms with Crippen LogP contribution in [0.2, 0.25) is 0 Å². The first-order chi connectivity index (χ1) is 8.07. The van der Waals surface area contributed by atoms with Crippen molar-refractivity contribution in [2.75, 3.05) is 6.61 Å². The van der Waals surface area contributed by atoms with Gasteiger partial charge in [0.2, 0.25) is 0 Å². The van der Waals surface area contributed by atoms with E-state index in [0.29, 0.717) is 19.4 Å². The molecule has 1 N–H and O–H groups in total. The number of ether oxygens (including phenoxy) is 1. The molecule has 0 bridgehead atoms. The Morgan fingerprint density at radius 3 is 2.88 bits per heavy atom. The van der Waals surface area contributed by atoms with E-state index in [4.69, 9.17) is 4.74 Å². The van der Waals surface area contributed by atoms with E-state index in [1.165, 1.54) is 0 Å². The molecule has 0 saturated heterocycles. The van der Waals surface area contributed by atoms with Crippen molar-refractivity contribution < 1.29 is 14.6 Å². The second-order valence-electron chi connectivity index (χ2n) is 4.97. The van der Waals surface area contributed by atoms with Crippen LogP contribution in [0.4, 0.5) is 0 Å². The number of carboxylic acid groups (broad SMARTS) is 1. The highest BCUT2D eigenvalue weighted by atomic mass is 16.5. The lowest BCUT2D eigenvalue weighted by Crippen LogP contribution is -2.29. The summed E-state index contributed by atoms with van der Waals surface area (Å²) in [5.74, 6) is 0.387. The van der Waals surface area contributed by atoms with E-state index >= 15 is 0 Å². The van der Waals surface area contributed by atoms with Gasteiger partial charge in [0.05, 0.1) is 12.0 Å². The maximum Gasteiger partial charge on any atom is 0.309 e. The first kappa shape index (κ1) is 12.0. The van der Waals surface area contributed by atoms with E-state index in [0.717, 1.165) is 11.3 Å². The molecule has 2 unspecified atom stereocenters. The SMILES string of the molecule is CCC(C)(CC1COc2ccccc21)C(=O)O. The summed E-state index contributed by atoms with van der Waals surface area (Å²) in [5.41, 5.74) is 0.485. The van der Waals surface area contributed by atoms with E-state index in [2.05, 4.69) is 0 Å². The fraction of sp³-hybridized carbons (Fsp3) is 0.500. The highest BCUT2D eigenvalue weighted by molar-refractivity contribution is 5.74. The summed E-state index contributed by atoms with van der Waals surface area (Å²) >= 11 is 0. The molecule has 17 heavy (non-hydrogen) atoms. The highest BCUT2D eigenvalue weighted by Gasteiger charge is 2.37. The van der Waals surface area contributed by atoms with Crippen LogP contribution in [0, 0.1) is 5.41 Å². The maximum absolute atomic E-state index is 11.3. The molecule has 0 saturated carbocycles. The summed E-state index contributed by atoms with van der Waals surface area (Å²) in [6, 6.07) is 7.90. The van der Waals surface area contributed by atoms with Crippen LogP contribution < -0.4 is 4.74 Å². The van der Waals surface area contributed by atoms with Gasteiger partial charge in [0.25, 0.3) is 0 Å². The number of aliphatic carboxylic acids is 1. The molecule has 1 aliphatic heterocycles. The van der Waals surface area contributed by atoms with Gasteiger partial charge < -0.3 is 9.84 Å². The Hall–Kier alpha value is -1.51. The number of hydrogen-bond acceptors (Lipinski definition) is 2. The molecule has 3 nitrogen and oxygen atoms in total. The second kappa shape index (κ2) is 4.40. The van der Waals surface area contributed by atoms with Gasteiger partial charge in [-0.15, -0.1) is 0 Å². The van der Waals surface area contributed by atoms with Crippen molar-refractivity contribution in [3.63, 3.8) is 0 Å². The molecule has 2 rings (SSSR count). The van der Waals surface area contributed by atoms with Crippen molar-refractivity contribution >= 4 is 5.97 Å². The van der Waals surface area contributed by atoms with E-state index in [1.807, 2.05) is 38.1 Å². The summed E-state index contributed by atoms with van der Waals surface area (Å²) in [6.45, 7) is 4.34. The Bertz CT molecular complexity index is 427. The molecule has 0 aliphatic carbocycles. The summed E-state index contributed by atoms with van der Waals surface area (Å²) < 4.78 is 5.59. The Labute approximate surface area is 101 Å². The molecule has 0 fully saturated rings. The minimum absolute atomic E-state index is 0.201. The third-order valence-electron chi connectivity index (χ3n) is 3.79. The molecule has 1 aromatic rings. The average molecular weight is 234 g/mol. The van der Waals surface area contributed by atoms with E-state index in [1.54, 1.807) is 0 Å². The maximum atomic E-state index is 11.3. The number of carbonyl (C=O) groups is 1. The van der Waals surface area contributed by atoms with Crippen molar-refractivity contribution in [2.24, 2.45) is 5.41 Å². The van der Waals surface area contributed by atoms with E-state index in [-0.39, 0.29) is 5.92 Å². The summed E-state index contributed by atoms with van der Waals surface area (Å²) in [6.07, 6.45) is 1.27. The predicted octanol–water partition coefficient (Wildman–Crippen LogP) is 3.05. The lowest BCUT2D eigenvalue weighted by atomic mass is 9.77. The Morgan fingerprint density at radius 1 is 1.53 bits per heavy atom. The van der Waals surface area contributed by atoms with Crippen molar-refractivity contribution in [2.45, 2.75) is 32.6 Å². The lowest BCUT2D eigenvalue weighted by molar-refractivity contribution is -0.148. The molecule has 92 valence electrons. The van der Waals surface area contributed by atoms with Gasteiger partial charge in [-0.2, -0.15) is 0 Å². The van der Waals surface area contributed by atoms with Crippen LogP contribution in [0.5, 0.6) is 5.75 Å². The Morgan fingerprint density at radius 2 is 2.24 bits per heavy atom. The minimum Gasteiger partial charge on any atom is -0.493 e. The molecule has 1 heterocycles. The average Bonchev–Trinajstić information content (AvgIpc) is 2.72. The van der Waals surface area contributed by atoms with Gasteiger partial charge in [0.15, 0.2) is 0 Å². The van der Waals surface area contributed by atoms with Crippen LogP contribution >= 0.6 is 0 Å². The molecule has 1 aliphatic rings. The van der Waals surface area contributed by atoms with Crippen molar-refractivity contribution in [3.05, 3.63) is 29.8 Å². The van der Waals surface area contributed by atoms with Gasteiger partial charge in [-0.1, -0.05) is 25.1 Å². The predicted molar refractivity (Wildman–Crippen MR) is 65.3 cm³/mol. The van der Waals surface area contributed by atoms with Crippen molar-refractivity contribution in [3.8, 4) is 5.75 Å². The molecule has 3 heteroatoms. The monoisotopic (exact) mass is 234 g/mol. The van der Waals surface area contributed by atoms with Gasteiger partial charge >= 0.3 is 5.97 Å². The third kappa shape index (κ3) is 2.14. The third-order valence-corrected chi connectivity index (χ3v) is 3.79. The summed E-state index contributed by atoms with van der Waals surface area (Å²) in [7, 11) is 0. The smallest absolute Gasteiger partial charge is 0.309 e. The van der Waals surface area contributed by atoms with E-state index in [9.17, 15) is 9.90 Å². The highest BCUT2D eigenvalue weighted by Crippen LogP contribution is 2.41. The van der Waals surface area contributed by atoms with E-state index < -0.39 is 11.4 Å². The standard InChI is InChI=1S/C14H18O3/c1-3-14(2,13(15)16)8-10-9-17-12-7-5-4-6-11(10)12/h4-7,10H,3,8-9H2,1-2H3,(H,15,16). The van der Waals surface area contributed by atoms with Gasteiger partial charge in [-0.05, 0) is 25.8 Å². The zero-order chi connectivity index (χ0) is 12.5. The zero-order valence-corrected chi connectivity index (χ0v) is 10.3. The van der Waals surface area contributed by atoms with Crippen LogP contribution in [0.15, 0.2) is 24.3 Å². The summed E-state index contributed by atoms with van der Waals surface area (Å²) in [4.78, 5) is 11.3. The number of rotatable bonds is 4. The normalized spacial score (nSPS) is 21.4. The van der Waals surface area contributed by atoms with Crippen LogP contribution in [-0.2, 0) is 4.79 Å². The Balaban J connectivity index is 2.19. The first-order valence-electron chi connectivity index (χ1n) is 6.02. The number of fused-ring (bicyclic) bond motifs is 1. The number of carboxylic acids is 1. The molecule has 0 amide bonds. The van der Waals surface area contributed by atoms with Gasteiger partial charge in [-0.3, -0.25) is 4.79 Å². The van der Waals surface area contributed by atoms with Gasteiger partial charge in [0, 0.05) is 11.5 Å². The number of benzene rings is 1. The quantitative estimate of drug-likeness (QED) is 0.871. The molecular formula is C14H18O3. The number of hydrogen-bond donors (Lipinski definition) is 1. The molecule has 0 radical (unpaired) electrons. The molecular weight excluding hydrogens is 216 g/mol. The lowest BCUT2D eigenvalue weighted by Gasteiger charge is -2.25. The molecule has 1 aromatic carbocycles. The van der Waals surface area contributed by atoms with Gasteiger partial charge in [-0.25, -0.2) is 0 Å². The number of para-hydroxylation sites is 1. The fourth-order valence-corrected chi connectivity index (χ4v) is 2.32. The van der Waals surface area contributed by atoms with Crippen LogP contribution in [0.25, 0.3) is 0 Å². The second-order valence-corrected chi connectivity index (χ2v) is 4.97. The van der Waals surface area contributed by atoms with Crippen LogP contribution in [0.3, 0.4) is 0 Å². The Kier molecular flexibility index (Phi) is 3.09. The summed E-state index contributed by atoms with van der Waals surface area (Å²) in [5, 5.41) is 9.30. The molecule has 0 aromatic heterocycles.